The molecule has 0 aliphatic carbocycles. The number of ether oxygens (including phenoxy) is 1. The van der Waals surface area contributed by atoms with E-state index in [1.165, 1.54) is 23.1 Å². The third kappa shape index (κ3) is 1.96. The molecule has 0 unspecified atom stereocenters. The molecule has 0 spiro atoms. The van der Waals surface area contributed by atoms with Crippen LogP contribution >= 0.6 is 11.6 Å². The van der Waals surface area contributed by atoms with Crippen molar-refractivity contribution in [3.63, 3.8) is 0 Å². The molecule has 0 atom stereocenters. The highest BCUT2D eigenvalue weighted by Gasteiger charge is 2.24. The van der Waals surface area contributed by atoms with E-state index in [-0.39, 0.29) is 17.3 Å². The molecule has 1 aliphatic heterocycles. The number of carbonyl (C=O) groups is 1. The normalized spacial score (nSPS) is 15.7. The number of carbonyl (C=O) groups excluding carboxylic acids is 1. The molecular weight excluding hydrogens is 221 g/mol. The smallest absolute Gasteiger partial charge is 0.260 e. The fourth-order valence-corrected chi connectivity index (χ4v) is 1.68. The summed E-state index contributed by atoms with van der Waals surface area (Å²) in [6.45, 7) is 1.16. The molecule has 1 aromatic carbocycles. The second-order valence-corrected chi connectivity index (χ2v) is 3.61. The molecule has 5 heteroatoms. The first-order chi connectivity index (χ1) is 7.20. The largest absolute Gasteiger partial charge is 0.359 e. The minimum absolute atomic E-state index is 0.0790. The molecule has 1 fully saturated rings. The van der Waals surface area contributed by atoms with Crippen molar-refractivity contribution in [2.45, 2.75) is 0 Å². The Kier molecular flexibility index (Phi) is 2.88. The zero-order valence-corrected chi connectivity index (χ0v) is 8.63. The number of rotatable bonds is 1. The van der Waals surface area contributed by atoms with Crippen molar-refractivity contribution in [1.82, 2.24) is 4.90 Å². The van der Waals surface area contributed by atoms with Gasteiger partial charge >= 0.3 is 0 Å². The summed E-state index contributed by atoms with van der Waals surface area (Å²) in [7, 11) is 0. The molecule has 0 bridgehead atoms. The number of halogens is 2. The minimum atomic E-state index is -0.598. The zero-order chi connectivity index (χ0) is 10.8. The average molecular weight is 230 g/mol. The van der Waals surface area contributed by atoms with Crippen molar-refractivity contribution in [3.05, 3.63) is 34.6 Å². The predicted molar refractivity (Wildman–Crippen MR) is 53.3 cm³/mol. The second kappa shape index (κ2) is 4.16. The Bertz CT molecular complexity index is 371. The molecule has 0 aromatic heterocycles. The summed E-state index contributed by atoms with van der Waals surface area (Å²) in [5.41, 5.74) is -0.0790. The van der Waals surface area contributed by atoms with Gasteiger partial charge in [0.1, 0.15) is 12.5 Å². The summed E-state index contributed by atoms with van der Waals surface area (Å²) >= 11 is 5.77. The molecule has 3 nitrogen and oxygen atoms in total. The number of amides is 1. The number of benzene rings is 1. The van der Waals surface area contributed by atoms with Gasteiger partial charge in [0.15, 0.2) is 0 Å². The van der Waals surface area contributed by atoms with Gasteiger partial charge in [-0.15, -0.1) is 0 Å². The second-order valence-electron chi connectivity index (χ2n) is 3.20. The van der Waals surface area contributed by atoms with Crippen molar-refractivity contribution < 1.29 is 13.9 Å². The Morgan fingerprint density at radius 1 is 1.53 bits per heavy atom. The van der Waals surface area contributed by atoms with Crippen LogP contribution in [0.25, 0.3) is 0 Å². The van der Waals surface area contributed by atoms with Crippen LogP contribution in [0.1, 0.15) is 10.4 Å². The maximum atomic E-state index is 13.4. The molecule has 1 aliphatic rings. The third-order valence-corrected chi connectivity index (χ3v) is 2.53. The van der Waals surface area contributed by atoms with E-state index in [0.717, 1.165) is 0 Å². The summed E-state index contributed by atoms with van der Waals surface area (Å²) in [6, 6.07) is 4.18. The number of hydrogen-bond acceptors (Lipinski definition) is 2. The van der Waals surface area contributed by atoms with Crippen LogP contribution < -0.4 is 0 Å². The molecular formula is C10H9ClFNO2. The molecule has 15 heavy (non-hydrogen) atoms. The standard InChI is InChI=1S/C10H9ClFNO2/c11-7-2-1-3-8(12)9(7)10(14)13-4-5-15-6-13/h1-3H,4-6H2. The Hall–Kier alpha value is -1.13. The van der Waals surface area contributed by atoms with Crippen LogP contribution in [0.2, 0.25) is 5.02 Å². The van der Waals surface area contributed by atoms with Gasteiger partial charge in [-0.2, -0.15) is 0 Å². The predicted octanol–water partition coefficient (Wildman–Crippen LogP) is 1.91. The minimum Gasteiger partial charge on any atom is -0.359 e. The van der Waals surface area contributed by atoms with Gasteiger partial charge in [-0.25, -0.2) is 4.39 Å². The Labute approximate surface area is 91.4 Å². The molecule has 0 N–H and O–H groups in total. The summed E-state index contributed by atoms with van der Waals surface area (Å²) in [6.07, 6.45) is 0. The van der Waals surface area contributed by atoms with E-state index < -0.39 is 11.7 Å². The molecule has 1 amide bonds. The van der Waals surface area contributed by atoms with E-state index in [1.807, 2.05) is 0 Å². The van der Waals surface area contributed by atoms with Gasteiger partial charge in [-0.05, 0) is 12.1 Å². The number of hydrogen-bond donors (Lipinski definition) is 0. The topological polar surface area (TPSA) is 29.5 Å². The van der Waals surface area contributed by atoms with Crippen molar-refractivity contribution in [1.29, 1.82) is 0 Å². The lowest BCUT2D eigenvalue weighted by molar-refractivity contribution is 0.0690. The van der Waals surface area contributed by atoms with Gasteiger partial charge in [-0.1, -0.05) is 17.7 Å². The Morgan fingerprint density at radius 3 is 2.93 bits per heavy atom. The van der Waals surface area contributed by atoms with Crippen molar-refractivity contribution in [2.75, 3.05) is 19.9 Å². The lowest BCUT2D eigenvalue weighted by Crippen LogP contribution is -2.29. The Balaban J connectivity index is 2.32. The molecule has 80 valence electrons. The van der Waals surface area contributed by atoms with Gasteiger partial charge in [0.05, 0.1) is 17.2 Å². The van der Waals surface area contributed by atoms with E-state index in [1.54, 1.807) is 0 Å². The molecule has 1 saturated heterocycles. The summed E-state index contributed by atoms with van der Waals surface area (Å²) in [5.74, 6) is -1.02. The molecule has 0 radical (unpaired) electrons. The highest BCUT2D eigenvalue weighted by molar-refractivity contribution is 6.33. The van der Waals surface area contributed by atoms with Crippen molar-refractivity contribution >= 4 is 17.5 Å². The van der Waals surface area contributed by atoms with Crippen LogP contribution in [-0.4, -0.2) is 30.7 Å². The summed E-state index contributed by atoms with van der Waals surface area (Å²) in [5, 5.41) is 0.131. The fraction of sp³-hybridized carbons (Fsp3) is 0.300. The monoisotopic (exact) mass is 229 g/mol. The van der Waals surface area contributed by atoms with Crippen LogP contribution in [0.4, 0.5) is 4.39 Å². The highest BCUT2D eigenvalue weighted by Crippen LogP contribution is 2.21. The van der Waals surface area contributed by atoms with E-state index in [2.05, 4.69) is 0 Å². The van der Waals surface area contributed by atoms with Gasteiger partial charge in [-0.3, -0.25) is 4.79 Å². The zero-order valence-electron chi connectivity index (χ0n) is 7.87. The number of nitrogens with zero attached hydrogens (tertiary/aromatic N) is 1. The molecule has 1 aromatic rings. The first-order valence-corrected chi connectivity index (χ1v) is 4.89. The SMILES string of the molecule is O=C(c1c(F)cccc1Cl)N1CCOC1. The third-order valence-electron chi connectivity index (χ3n) is 2.22. The van der Waals surface area contributed by atoms with Crippen LogP contribution in [-0.2, 0) is 4.74 Å². The summed E-state index contributed by atoms with van der Waals surface area (Å²) in [4.78, 5) is 13.2. The van der Waals surface area contributed by atoms with Crippen LogP contribution in [0.15, 0.2) is 18.2 Å². The van der Waals surface area contributed by atoms with E-state index in [0.29, 0.717) is 13.2 Å². The van der Waals surface area contributed by atoms with Crippen molar-refractivity contribution in [3.8, 4) is 0 Å². The fourth-order valence-electron chi connectivity index (χ4n) is 1.43. The molecule has 0 saturated carbocycles. The van der Waals surface area contributed by atoms with Gasteiger partial charge < -0.3 is 9.64 Å². The highest BCUT2D eigenvalue weighted by atomic mass is 35.5. The molecule has 1 heterocycles. The summed E-state index contributed by atoms with van der Waals surface area (Å²) < 4.78 is 18.4. The first kappa shape index (κ1) is 10.4. The lowest BCUT2D eigenvalue weighted by atomic mass is 10.2. The maximum absolute atomic E-state index is 13.4. The van der Waals surface area contributed by atoms with Crippen molar-refractivity contribution in [2.24, 2.45) is 0 Å². The van der Waals surface area contributed by atoms with Gasteiger partial charge in [0.25, 0.3) is 5.91 Å². The van der Waals surface area contributed by atoms with Crippen LogP contribution in [0, 0.1) is 5.82 Å². The van der Waals surface area contributed by atoms with Gasteiger partial charge in [0.2, 0.25) is 0 Å². The maximum Gasteiger partial charge on any atom is 0.260 e. The lowest BCUT2D eigenvalue weighted by Gasteiger charge is -2.14. The molecule has 2 rings (SSSR count). The van der Waals surface area contributed by atoms with Crippen LogP contribution in [0.5, 0.6) is 0 Å². The van der Waals surface area contributed by atoms with E-state index >= 15 is 0 Å². The van der Waals surface area contributed by atoms with Gasteiger partial charge in [0, 0.05) is 6.54 Å². The first-order valence-electron chi connectivity index (χ1n) is 4.51. The quantitative estimate of drug-likeness (QED) is 0.736. The van der Waals surface area contributed by atoms with Crippen LogP contribution in [0.3, 0.4) is 0 Å². The Morgan fingerprint density at radius 2 is 2.33 bits per heavy atom. The average Bonchev–Trinajstić information content (AvgIpc) is 2.69. The van der Waals surface area contributed by atoms with E-state index in [9.17, 15) is 9.18 Å². The van der Waals surface area contributed by atoms with E-state index in [4.69, 9.17) is 16.3 Å².